The minimum absolute atomic E-state index is 0.202. The lowest BCUT2D eigenvalue weighted by molar-refractivity contribution is 0.485. The van der Waals surface area contributed by atoms with Gasteiger partial charge < -0.3 is 8.75 Å². The molecule has 1 aromatic heterocycles. The third-order valence-corrected chi connectivity index (χ3v) is 4.31. The largest absolute Gasteiger partial charge is 0.382 e. The lowest BCUT2D eigenvalue weighted by Crippen LogP contribution is -2.12. The number of benzene rings is 2. The van der Waals surface area contributed by atoms with Crippen molar-refractivity contribution in [3.05, 3.63) is 60.2 Å². The van der Waals surface area contributed by atoms with Crippen LogP contribution in [0.2, 0.25) is 0 Å². The Labute approximate surface area is 127 Å². The van der Waals surface area contributed by atoms with Crippen LogP contribution in [0.1, 0.15) is 5.56 Å². The normalized spacial score (nSPS) is 11.7. The van der Waals surface area contributed by atoms with Crippen molar-refractivity contribution in [1.29, 1.82) is 0 Å². The number of rotatable bonds is 4. The summed E-state index contributed by atoms with van der Waals surface area (Å²) in [5.41, 5.74) is 1.99. The van der Waals surface area contributed by atoms with Crippen molar-refractivity contribution in [2.45, 2.75) is 5.75 Å². The first-order valence-corrected chi connectivity index (χ1v) is 8.08. The van der Waals surface area contributed by atoms with E-state index in [9.17, 15) is 12.8 Å². The molecule has 0 fully saturated rings. The summed E-state index contributed by atoms with van der Waals surface area (Å²) >= 11 is 0. The molecule has 5 nitrogen and oxygen atoms in total. The smallest absolute Gasteiger partial charge is 0.313 e. The van der Waals surface area contributed by atoms with Crippen LogP contribution in [0.3, 0.4) is 0 Å². The molecule has 0 amide bonds. The number of aryl methyl sites for hydroxylation is 1. The topological polar surface area (TPSA) is 61.2 Å². The minimum Gasteiger partial charge on any atom is -0.382 e. The van der Waals surface area contributed by atoms with Crippen molar-refractivity contribution in [3.63, 3.8) is 0 Å². The third kappa shape index (κ3) is 3.09. The highest BCUT2D eigenvalue weighted by atomic mass is 32.2. The fourth-order valence-electron chi connectivity index (χ4n) is 2.13. The maximum atomic E-state index is 12.8. The zero-order valence-corrected chi connectivity index (χ0v) is 12.5. The molecule has 0 saturated heterocycles. The lowest BCUT2D eigenvalue weighted by atomic mass is 10.2. The molecule has 2 aromatic carbocycles. The molecule has 0 unspecified atom stereocenters. The molecule has 3 aromatic rings. The van der Waals surface area contributed by atoms with Gasteiger partial charge >= 0.3 is 10.1 Å². The molecular weight excluding hydrogens is 307 g/mol. The van der Waals surface area contributed by atoms with Crippen LogP contribution in [-0.2, 0) is 22.9 Å². The maximum absolute atomic E-state index is 12.8. The molecule has 0 atom stereocenters. The van der Waals surface area contributed by atoms with Crippen LogP contribution in [-0.4, -0.2) is 18.0 Å². The minimum atomic E-state index is -3.82. The third-order valence-electron chi connectivity index (χ3n) is 3.18. The van der Waals surface area contributed by atoms with E-state index in [-0.39, 0.29) is 11.5 Å². The Kier molecular flexibility index (Phi) is 3.58. The molecule has 0 spiro atoms. The molecule has 0 aliphatic rings. The molecular formula is C15H13FN2O3S. The number of aromatic nitrogens is 2. The lowest BCUT2D eigenvalue weighted by Gasteiger charge is -2.07. The summed E-state index contributed by atoms with van der Waals surface area (Å²) in [6, 6.07) is 10.1. The number of nitrogens with zero attached hydrogens (tertiary/aromatic N) is 2. The molecule has 0 N–H and O–H groups in total. The summed E-state index contributed by atoms with van der Waals surface area (Å²) in [6.07, 6.45) is 1.64. The number of halogens is 1. The van der Waals surface area contributed by atoms with Crippen LogP contribution in [0.5, 0.6) is 5.75 Å². The van der Waals surface area contributed by atoms with E-state index in [0.717, 1.165) is 5.52 Å². The van der Waals surface area contributed by atoms with Crippen LogP contribution in [0, 0.1) is 5.82 Å². The summed E-state index contributed by atoms with van der Waals surface area (Å²) in [5, 5.41) is 0. The molecule has 1 heterocycles. The number of hydrogen-bond donors (Lipinski definition) is 0. The van der Waals surface area contributed by atoms with Gasteiger partial charge in [-0.1, -0.05) is 12.1 Å². The van der Waals surface area contributed by atoms with E-state index in [1.54, 1.807) is 24.5 Å². The van der Waals surface area contributed by atoms with Crippen LogP contribution >= 0.6 is 0 Å². The molecule has 0 aliphatic heterocycles. The van der Waals surface area contributed by atoms with Crippen molar-refractivity contribution in [2.75, 3.05) is 0 Å². The van der Waals surface area contributed by atoms with Crippen LogP contribution < -0.4 is 4.18 Å². The van der Waals surface area contributed by atoms with Crippen molar-refractivity contribution in [1.82, 2.24) is 9.55 Å². The van der Waals surface area contributed by atoms with E-state index in [1.807, 2.05) is 11.6 Å². The van der Waals surface area contributed by atoms with Crippen LogP contribution in [0.25, 0.3) is 11.0 Å². The maximum Gasteiger partial charge on any atom is 0.313 e. The predicted molar refractivity (Wildman–Crippen MR) is 80.4 cm³/mol. The Balaban J connectivity index is 1.81. The van der Waals surface area contributed by atoms with Gasteiger partial charge in [0, 0.05) is 13.1 Å². The Morgan fingerprint density at radius 3 is 2.64 bits per heavy atom. The number of imidazole rings is 1. The van der Waals surface area contributed by atoms with Gasteiger partial charge in [-0.2, -0.15) is 8.42 Å². The Bertz CT molecular complexity index is 918. The van der Waals surface area contributed by atoms with E-state index in [2.05, 4.69) is 4.98 Å². The number of hydrogen-bond acceptors (Lipinski definition) is 4. The molecule has 7 heteroatoms. The fraction of sp³-hybridized carbons (Fsp3) is 0.133. The van der Waals surface area contributed by atoms with Crippen LogP contribution in [0.4, 0.5) is 4.39 Å². The first kappa shape index (κ1) is 14.5. The highest BCUT2D eigenvalue weighted by Crippen LogP contribution is 2.21. The second kappa shape index (κ2) is 5.42. The summed E-state index contributed by atoms with van der Waals surface area (Å²) < 4.78 is 43.8. The zero-order chi connectivity index (χ0) is 15.7. The molecule has 22 heavy (non-hydrogen) atoms. The average Bonchev–Trinajstić information content (AvgIpc) is 2.82. The fourth-order valence-corrected chi connectivity index (χ4v) is 3.19. The second-order valence-corrected chi connectivity index (χ2v) is 6.49. The Hall–Kier alpha value is -2.41. The van der Waals surface area contributed by atoms with Crippen molar-refractivity contribution >= 4 is 21.2 Å². The monoisotopic (exact) mass is 320 g/mol. The van der Waals surface area contributed by atoms with E-state index >= 15 is 0 Å². The zero-order valence-electron chi connectivity index (χ0n) is 11.7. The van der Waals surface area contributed by atoms with Gasteiger partial charge in [-0.25, -0.2) is 9.37 Å². The standard InChI is InChI=1S/C15H13FN2O3S/c1-18-10-17-14-8-13(6-7-15(14)18)21-22(19,20)9-11-2-4-12(16)5-3-11/h2-8,10H,9H2,1H3. The van der Waals surface area contributed by atoms with Gasteiger partial charge in [-0.15, -0.1) is 0 Å². The van der Waals surface area contributed by atoms with E-state index in [4.69, 9.17) is 4.18 Å². The quantitative estimate of drug-likeness (QED) is 0.693. The Morgan fingerprint density at radius 1 is 1.18 bits per heavy atom. The molecule has 114 valence electrons. The van der Waals surface area contributed by atoms with Gasteiger partial charge in [0.15, 0.2) is 0 Å². The molecule has 0 saturated carbocycles. The van der Waals surface area contributed by atoms with Gasteiger partial charge in [0.1, 0.15) is 17.3 Å². The van der Waals surface area contributed by atoms with Gasteiger partial charge in [-0.3, -0.25) is 0 Å². The number of fused-ring (bicyclic) bond motifs is 1. The molecule has 3 rings (SSSR count). The molecule has 0 radical (unpaired) electrons. The molecule has 0 bridgehead atoms. The molecule has 0 aliphatic carbocycles. The van der Waals surface area contributed by atoms with Crippen molar-refractivity contribution < 1.29 is 17.0 Å². The summed E-state index contributed by atoms with van der Waals surface area (Å²) in [5.74, 6) is -0.538. The average molecular weight is 320 g/mol. The van der Waals surface area contributed by atoms with Gasteiger partial charge in [0.2, 0.25) is 0 Å². The van der Waals surface area contributed by atoms with Gasteiger partial charge in [-0.05, 0) is 29.8 Å². The SMILES string of the molecule is Cn1cnc2cc(OS(=O)(=O)Cc3ccc(F)cc3)ccc21. The Morgan fingerprint density at radius 2 is 1.91 bits per heavy atom. The highest BCUT2D eigenvalue weighted by molar-refractivity contribution is 7.86. The van der Waals surface area contributed by atoms with Crippen molar-refractivity contribution in [3.8, 4) is 5.75 Å². The second-order valence-electron chi connectivity index (χ2n) is 4.92. The summed E-state index contributed by atoms with van der Waals surface area (Å²) in [6.45, 7) is 0. The van der Waals surface area contributed by atoms with Crippen molar-refractivity contribution in [2.24, 2.45) is 7.05 Å². The van der Waals surface area contributed by atoms with E-state index in [1.165, 1.54) is 24.3 Å². The first-order valence-electron chi connectivity index (χ1n) is 6.51. The summed E-state index contributed by atoms with van der Waals surface area (Å²) in [4.78, 5) is 4.15. The van der Waals surface area contributed by atoms with E-state index in [0.29, 0.717) is 11.1 Å². The highest BCUT2D eigenvalue weighted by Gasteiger charge is 2.15. The first-order chi connectivity index (χ1) is 10.4. The van der Waals surface area contributed by atoms with Gasteiger partial charge in [0.25, 0.3) is 0 Å². The van der Waals surface area contributed by atoms with Crippen LogP contribution in [0.15, 0.2) is 48.8 Å². The predicted octanol–water partition coefficient (Wildman–Crippen LogP) is 2.62. The van der Waals surface area contributed by atoms with Gasteiger partial charge in [0.05, 0.1) is 17.4 Å². The summed E-state index contributed by atoms with van der Waals surface area (Å²) in [7, 11) is -1.97. The van der Waals surface area contributed by atoms with E-state index < -0.39 is 15.9 Å².